The molecule has 0 unspecified atom stereocenters. The Morgan fingerprint density at radius 1 is 0.339 bits per heavy atom. The van der Waals surface area contributed by atoms with Crippen molar-refractivity contribution in [3.8, 4) is 67.3 Å². The molecule has 0 radical (unpaired) electrons. The van der Waals surface area contributed by atoms with Gasteiger partial charge in [0.15, 0.2) is 5.82 Å². The zero-order chi connectivity index (χ0) is 41.0. The first-order valence-electron chi connectivity index (χ1n) is 21.1. The molecule has 0 atom stereocenters. The molecule has 0 saturated carbocycles. The highest BCUT2D eigenvalue weighted by atomic mass is 32.1. The first kappa shape index (κ1) is 36.2. The summed E-state index contributed by atoms with van der Waals surface area (Å²) in [6.45, 7) is 0. The number of hydrogen-bond donors (Lipinski definition) is 0. The van der Waals surface area contributed by atoms with Crippen molar-refractivity contribution >= 4 is 31.5 Å². The summed E-state index contributed by atoms with van der Waals surface area (Å²) in [6, 6.07) is 83.4. The molecule has 12 rings (SSSR count). The maximum absolute atomic E-state index is 5.27. The highest BCUT2D eigenvalue weighted by molar-refractivity contribution is 7.26. The first-order chi connectivity index (χ1) is 30.7. The Bertz CT molecular complexity index is 3400. The van der Waals surface area contributed by atoms with Crippen molar-refractivity contribution in [2.45, 2.75) is 5.41 Å². The van der Waals surface area contributed by atoms with E-state index in [0.29, 0.717) is 5.82 Å². The van der Waals surface area contributed by atoms with Crippen LogP contribution in [0, 0.1) is 0 Å². The van der Waals surface area contributed by atoms with E-state index in [0.717, 1.165) is 33.6 Å². The van der Waals surface area contributed by atoms with Crippen molar-refractivity contribution in [1.29, 1.82) is 0 Å². The Labute approximate surface area is 365 Å². The van der Waals surface area contributed by atoms with Crippen molar-refractivity contribution in [2.24, 2.45) is 0 Å². The Hall–Kier alpha value is -7.72. The zero-order valence-electron chi connectivity index (χ0n) is 33.7. The maximum Gasteiger partial charge on any atom is 0.160 e. The minimum absolute atomic E-state index is 0.516. The lowest BCUT2D eigenvalue weighted by Gasteiger charge is -2.35. The summed E-state index contributed by atoms with van der Waals surface area (Å²) < 4.78 is 2.63. The van der Waals surface area contributed by atoms with E-state index < -0.39 is 5.41 Å². The highest BCUT2D eigenvalue weighted by Gasteiger charge is 2.47. The molecule has 0 spiro atoms. The Morgan fingerprint density at radius 3 is 1.65 bits per heavy atom. The molecule has 1 aliphatic rings. The van der Waals surface area contributed by atoms with Gasteiger partial charge >= 0.3 is 0 Å². The average molecular weight is 807 g/mol. The van der Waals surface area contributed by atoms with E-state index in [1.165, 1.54) is 70.2 Å². The minimum Gasteiger partial charge on any atom is -0.228 e. The van der Waals surface area contributed by atoms with Crippen LogP contribution in [0.25, 0.3) is 87.5 Å². The van der Waals surface area contributed by atoms with Crippen molar-refractivity contribution < 1.29 is 0 Å². The molecule has 0 amide bonds. The van der Waals surface area contributed by atoms with Crippen LogP contribution in [0.3, 0.4) is 0 Å². The van der Waals surface area contributed by atoms with E-state index in [4.69, 9.17) is 9.97 Å². The summed E-state index contributed by atoms with van der Waals surface area (Å²) >= 11 is 1.86. The lowest BCUT2D eigenvalue weighted by Crippen LogP contribution is -2.29. The molecule has 2 nitrogen and oxygen atoms in total. The van der Waals surface area contributed by atoms with Gasteiger partial charge in [-0.2, -0.15) is 0 Å². The number of nitrogens with zero attached hydrogens (tertiary/aromatic N) is 2. The predicted molar refractivity (Wildman–Crippen MR) is 259 cm³/mol. The Morgan fingerprint density at radius 2 is 0.871 bits per heavy atom. The number of aromatic nitrogens is 2. The van der Waals surface area contributed by atoms with Gasteiger partial charge in [-0.3, -0.25) is 0 Å². The predicted octanol–water partition coefficient (Wildman–Crippen LogP) is 15.5. The van der Waals surface area contributed by atoms with Crippen LogP contribution >= 0.6 is 11.3 Å². The molecule has 2 aromatic heterocycles. The standard InChI is InChI=1S/C59H38N2S/c1-4-17-41(18-5-1)58-60-53(40-35-33-39(34-36-40)47-28-16-30-51-49-26-11-13-32-55(49)62-57(47)51)38-54(61-58)43-20-14-19-42(37-43)46-27-15-29-50-48-25-10-12-31-52(48)59(56(46)50,44-21-6-2-7-22-44)45-23-8-3-9-24-45/h1-38H. The van der Waals surface area contributed by atoms with E-state index in [2.05, 4.69) is 224 Å². The largest absolute Gasteiger partial charge is 0.228 e. The van der Waals surface area contributed by atoms with E-state index >= 15 is 0 Å². The third-order valence-corrected chi connectivity index (χ3v) is 13.8. The molecular formula is C59H38N2S. The topological polar surface area (TPSA) is 25.8 Å². The summed E-state index contributed by atoms with van der Waals surface area (Å²) in [5.41, 5.74) is 16.7. The second-order valence-corrected chi connectivity index (χ2v) is 17.1. The first-order valence-corrected chi connectivity index (χ1v) is 22.0. The molecule has 3 heteroatoms. The van der Waals surface area contributed by atoms with E-state index in [-0.39, 0.29) is 0 Å². The second-order valence-electron chi connectivity index (χ2n) is 16.0. The SMILES string of the molecule is c1ccc(-c2nc(-c3ccc(-c4cccc5c4sc4ccccc45)cc3)cc(-c3cccc(-c4cccc5c4C(c4ccccc4)(c4ccccc4)c4ccccc4-5)c3)n2)cc1. The van der Waals surface area contributed by atoms with Crippen molar-refractivity contribution in [1.82, 2.24) is 9.97 Å². The van der Waals surface area contributed by atoms with Crippen LogP contribution in [0.1, 0.15) is 22.3 Å². The fraction of sp³-hybridized carbons (Fsp3) is 0.0169. The average Bonchev–Trinajstić information content (AvgIpc) is 3.89. The number of thiophene rings is 1. The van der Waals surface area contributed by atoms with Gasteiger partial charge in [0.2, 0.25) is 0 Å². The molecule has 62 heavy (non-hydrogen) atoms. The molecule has 11 aromatic rings. The summed E-state index contributed by atoms with van der Waals surface area (Å²) in [6.07, 6.45) is 0. The van der Waals surface area contributed by atoms with Crippen LogP contribution in [-0.4, -0.2) is 9.97 Å². The fourth-order valence-electron chi connectivity index (χ4n) is 9.84. The van der Waals surface area contributed by atoms with E-state index in [9.17, 15) is 0 Å². The van der Waals surface area contributed by atoms with Crippen LogP contribution in [0.4, 0.5) is 0 Å². The summed E-state index contributed by atoms with van der Waals surface area (Å²) in [5, 5.41) is 2.61. The van der Waals surface area contributed by atoms with Crippen molar-refractivity contribution in [3.63, 3.8) is 0 Å². The minimum atomic E-state index is -0.516. The molecule has 0 saturated heterocycles. The van der Waals surface area contributed by atoms with Gasteiger partial charge in [0, 0.05) is 36.9 Å². The van der Waals surface area contributed by atoms with Gasteiger partial charge in [-0.1, -0.05) is 212 Å². The van der Waals surface area contributed by atoms with Gasteiger partial charge in [-0.05, 0) is 73.8 Å². The summed E-state index contributed by atoms with van der Waals surface area (Å²) in [7, 11) is 0. The summed E-state index contributed by atoms with van der Waals surface area (Å²) in [5.74, 6) is 0.700. The third-order valence-electron chi connectivity index (χ3n) is 12.6. The third kappa shape index (κ3) is 5.78. The number of benzene rings is 9. The van der Waals surface area contributed by atoms with Crippen LogP contribution in [-0.2, 0) is 5.41 Å². The monoisotopic (exact) mass is 806 g/mol. The molecule has 1 aliphatic carbocycles. The zero-order valence-corrected chi connectivity index (χ0v) is 34.6. The van der Waals surface area contributed by atoms with Gasteiger partial charge in [0.1, 0.15) is 0 Å². The van der Waals surface area contributed by atoms with Crippen LogP contribution in [0.5, 0.6) is 0 Å². The molecule has 9 aromatic carbocycles. The van der Waals surface area contributed by atoms with Gasteiger partial charge in [0.05, 0.1) is 16.8 Å². The number of hydrogen-bond acceptors (Lipinski definition) is 3. The normalized spacial score (nSPS) is 12.6. The highest BCUT2D eigenvalue weighted by Crippen LogP contribution is 2.58. The van der Waals surface area contributed by atoms with Gasteiger partial charge in [-0.15, -0.1) is 11.3 Å². The Balaban J connectivity index is 1.00. The lowest BCUT2D eigenvalue weighted by molar-refractivity contribution is 0.770. The van der Waals surface area contributed by atoms with Gasteiger partial charge in [-0.25, -0.2) is 9.97 Å². The molecule has 0 aliphatic heterocycles. The van der Waals surface area contributed by atoms with Crippen LogP contribution in [0.2, 0.25) is 0 Å². The summed E-state index contributed by atoms with van der Waals surface area (Å²) in [4.78, 5) is 10.5. The van der Waals surface area contributed by atoms with E-state index in [1.807, 2.05) is 17.4 Å². The molecule has 2 heterocycles. The van der Waals surface area contributed by atoms with Gasteiger partial charge < -0.3 is 0 Å². The maximum atomic E-state index is 5.27. The molecule has 0 bridgehead atoms. The van der Waals surface area contributed by atoms with Crippen molar-refractivity contribution in [2.75, 3.05) is 0 Å². The fourth-order valence-corrected chi connectivity index (χ4v) is 11.1. The quantitative estimate of drug-likeness (QED) is 0.160. The molecular weight excluding hydrogens is 769 g/mol. The number of fused-ring (bicyclic) bond motifs is 6. The second kappa shape index (κ2) is 14.8. The molecule has 290 valence electrons. The Kier molecular flexibility index (Phi) is 8.62. The lowest BCUT2D eigenvalue weighted by atomic mass is 9.66. The smallest absolute Gasteiger partial charge is 0.160 e. The van der Waals surface area contributed by atoms with Crippen LogP contribution < -0.4 is 0 Å². The van der Waals surface area contributed by atoms with E-state index in [1.54, 1.807) is 0 Å². The molecule has 0 fully saturated rings. The van der Waals surface area contributed by atoms with Gasteiger partial charge in [0.25, 0.3) is 0 Å². The molecule has 0 N–H and O–H groups in total. The van der Waals surface area contributed by atoms with Crippen molar-refractivity contribution in [3.05, 3.63) is 253 Å². The van der Waals surface area contributed by atoms with Crippen LogP contribution in [0.15, 0.2) is 231 Å². The number of rotatable bonds is 7.